The molecule has 2 heterocycles. The largest absolute Gasteiger partial charge is 0.465 e. The van der Waals surface area contributed by atoms with E-state index in [4.69, 9.17) is 9.47 Å². The molecule has 0 amide bonds. The fraction of sp³-hybridized carbons (Fsp3) is 0.231. The smallest absolute Gasteiger partial charge is 0.341 e. The zero-order chi connectivity index (χ0) is 13.2. The molecule has 1 aliphatic rings. The van der Waals surface area contributed by atoms with Crippen molar-refractivity contribution in [2.75, 3.05) is 13.9 Å². The molecule has 0 atom stereocenters. The number of rotatable bonds is 3. The quantitative estimate of drug-likeness (QED) is 0.781. The van der Waals surface area contributed by atoms with Crippen molar-refractivity contribution < 1.29 is 19.0 Å². The maximum absolute atomic E-state index is 11.3. The average Bonchev–Trinajstić information content (AvgIpc) is 3.06. The highest BCUT2D eigenvalue weighted by Gasteiger charge is 2.14. The first-order valence-electron chi connectivity index (χ1n) is 5.75. The highest BCUT2D eigenvalue weighted by atomic mass is 16.7. The summed E-state index contributed by atoms with van der Waals surface area (Å²) in [6.45, 7) is 0.806. The fourth-order valence-electron chi connectivity index (χ4n) is 1.90. The Morgan fingerprint density at radius 3 is 3.11 bits per heavy atom. The van der Waals surface area contributed by atoms with E-state index in [2.05, 4.69) is 9.84 Å². The second-order valence-electron chi connectivity index (χ2n) is 4.11. The number of hydrogen-bond donors (Lipinski definition) is 0. The summed E-state index contributed by atoms with van der Waals surface area (Å²) >= 11 is 0. The van der Waals surface area contributed by atoms with Crippen molar-refractivity contribution in [1.82, 2.24) is 9.78 Å². The molecule has 6 heteroatoms. The molecule has 0 radical (unpaired) electrons. The van der Waals surface area contributed by atoms with Crippen LogP contribution in [0.25, 0.3) is 0 Å². The predicted octanol–water partition coefficient (Wildman–Crippen LogP) is 1.45. The molecule has 3 rings (SSSR count). The molecule has 2 aromatic rings. The molecular formula is C13H12N2O4. The first-order chi connectivity index (χ1) is 9.26. The van der Waals surface area contributed by atoms with Crippen LogP contribution in [0.3, 0.4) is 0 Å². The van der Waals surface area contributed by atoms with Gasteiger partial charge in [-0.1, -0.05) is 6.07 Å². The third-order valence-corrected chi connectivity index (χ3v) is 2.84. The Morgan fingerprint density at radius 1 is 1.42 bits per heavy atom. The van der Waals surface area contributed by atoms with E-state index in [1.165, 1.54) is 13.3 Å². The molecule has 0 spiro atoms. The van der Waals surface area contributed by atoms with Gasteiger partial charge in [-0.3, -0.25) is 4.68 Å². The highest BCUT2D eigenvalue weighted by molar-refractivity contribution is 5.88. The molecule has 6 nitrogen and oxygen atoms in total. The van der Waals surface area contributed by atoms with Crippen LogP contribution >= 0.6 is 0 Å². The molecule has 0 N–H and O–H groups in total. The van der Waals surface area contributed by atoms with Crippen molar-refractivity contribution >= 4 is 5.97 Å². The van der Waals surface area contributed by atoms with Crippen LogP contribution in [-0.4, -0.2) is 29.7 Å². The second kappa shape index (κ2) is 4.64. The number of carbonyl (C=O) groups is 1. The first kappa shape index (κ1) is 11.6. The Hall–Kier alpha value is -2.50. The number of esters is 1. The average molecular weight is 260 g/mol. The maximum atomic E-state index is 11.3. The van der Waals surface area contributed by atoms with E-state index >= 15 is 0 Å². The molecule has 0 bridgehead atoms. The van der Waals surface area contributed by atoms with Crippen LogP contribution in [0, 0.1) is 0 Å². The van der Waals surface area contributed by atoms with Crippen LogP contribution in [-0.2, 0) is 11.3 Å². The Morgan fingerprint density at radius 2 is 2.26 bits per heavy atom. The van der Waals surface area contributed by atoms with Crippen LogP contribution in [0.5, 0.6) is 11.5 Å². The van der Waals surface area contributed by atoms with Crippen LogP contribution in [0.1, 0.15) is 15.9 Å². The third-order valence-electron chi connectivity index (χ3n) is 2.84. The van der Waals surface area contributed by atoms with Gasteiger partial charge in [0.15, 0.2) is 11.5 Å². The van der Waals surface area contributed by atoms with E-state index in [0.29, 0.717) is 12.1 Å². The van der Waals surface area contributed by atoms with Gasteiger partial charge in [0.1, 0.15) is 0 Å². The third kappa shape index (κ3) is 2.24. The highest BCUT2D eigenvalue weighted by Crippen LogP contribution is 2.32. The molecule has 0 fully saturated rings. The lowest BCUT2D eigenvalue weighted by Gasteiger charge is -2.03. The fourth-order valence-corrected chi connectivity index (χ4v) is 1.90. The number of fused-ring (bicyclic) bond motifs is 1. The van der Waals surface area contributed by atoms with Crippen LogP contribution in [0.15, 0.2) is 30.6 Å². The van der Waals surface area contributed by atoms with Crippen molar-refractivity contribution in [3.8, 4) is 11.5 Å². The summed E-state index contributed by atoms with van der Waals surface area (Å²) in [5, 5.41) is 4.12. The summed E-state index contributed by atoms with van der Waals surface area (Å²) < 4.78 is 16.9. The molecule has 19 heavy (non-hydrogen) atoms. The number of ether oxygens (including phenoxy) is 3. The standard InChI is InChI=1S/C13H12N2O4/c1-17-13(16)10-5-14-15(7-10)6-9-2-3-11-12(4-9)19-8-18-11/h2-5,7H,6,8H2,1H3. The molecule has 1 aliphatic heterocycles. The van der Waals surface area contributed by atoms with Gasteiger partial charge in [-0.2, -0.15) is 5.10 Å². The lowest BCUT2D eigenvalue weighted by Crippen LogP contribution is -2.01. The lowest BCUT2D eigenvalue weighted by atomic mass is 10.2. The van der Waals surface area contributed by atoms with Gasteiger partial charge in [0, 0.05) is 6.20 Å². The summed E-state index contributed by atoms with van der Waals surface area (Å²) in [5.74, 6) is 1.09. The number of aromatic nitrogens is 2. The van der Waals surface area contributed by atoms with E-state index in [0.717, 1.165) is 17.1 Å². The predicted molar refractivity (Wildman–Crippen MR) is 65.2 cm³/mol. The van der Waals surface area contributed by atoms with Gasteiger partial charge in [-0.15, -0.1) is 0 Å². The number of benzene rings is 1. The number of carbonyl (C=O) groups excluding carboxylic acids is 1. The molecular weight excluding hydrogens is 248 g/mol. The van der Waals surface area contributed by atoms with E-state index in [-0.39, 0.29) is 6.79 Å². The minimum absolute atomic E-state index is 0.257. The van der Waals surface area contributed by atoms with Crippen molar-refractivity contribution in [2.45, 2.75) is 6.54 Å². The van der Waals surface area contributed by atoms with Crippen LogP contribution in [0.4, 0.5) is 0 Å². The Balaban J connectivity index is 1.78. The van der Waals surface area contributed by atoms with Gasteiger partial charge < -0.3 is 14.2 Å². The minimum Gasteiger partial charge on any atom is -0.465 e. The molecule has 98 valence electrons. The SMILES string of the molecule is COC(=O)c1cnn(Cc2ccc3c(c2)OCO3)c1. The molecule has 1 aromatic heterocycles. The Labute approximate surface area is 109 Å². The monoisotopic (exact) mass is 260 g/mol. The van der Waals surface area contributed by atoms with Gasteiger partial charge in [-0.05, 0) is 17.7 Å². The molecule has 1 aromatic carbocycles. The molecule has 0 unspecified atom stereocenters. The Bertz CT molecular complexity index is 621. The zero-order valence-electron chi connectivity index (χ0n) is 10.3. The van der Waals surface area contributed by atoms with E-state index < -0.39 is 5.97 Å². The summed E-state index contributed by atoms with van der Waals surface area (Å²) in [4.78, 5) is 11.3. The van der Waals surface area contributed by atoms with Crippen molar-refractivity contribution in [1.29, 1.82) is 0 Å². The summed E-state index contributed by atoms with van der Waals surface area (Å²) in [5.41, 5.74) is 1.45. The molecule has 0 aliphatic carbocycles. The first-order valence-corrected chi connectivity index (χ1v) is 5.75. The van der Waals surface area contributed by atoms with Gasteiger partial charge in [0.25, 0.3) is 0 Å². The van der Waals surface area contributed by atoms with Crippen LogP contribution in [0.2, 0.25) is 0 Å². The molecule has 0 saturated carbocycles. The minimum atomic E-state index is -0.392. The number of nitrogens with zero attached hydrogens (tertiary/aromatic N) is 2. The molecule has 0 saturated heterocycles. The van der Waals surface area contributed by atoms with E-state index in [9.17, 15) is 4.79 Å². The van der Waals surface area contributed by atoms with Gasteiger partial charge in [-0.25, -0.2) is 4.79 Å². The van der Waals surface area contributed by atoms with Gasteiger partial charge in [0.2, 0.25) is 6.79 Å². The van der Waals surface area contributed by atoms with E-state index in [1.807, 2.05) is 18.2 Å². The number of methoxy groups -OCH3 is 1. The zero-order valence-corrected chi connectivity index (χ0v) is 10.3. The van der Waals surface area contributed by atoms with E-state index in [1.54, 1.807) is 10.9 Å². The van der Waals surface area contributed by atoms with Gasteiger partial charge >= 0.3 is 5.97 Å². The summed E-state index contributed by atoms with van der Waals surface area (Å²) in [6.07, 6.45) is 3.13. The van der Waals surface area contributed by atoms with Crippen molar-refractivity contribution in [2.24, 2.45) is 0 Å². The number of hydrogen-bond acceptors (Lipinski definition) is 5. The summed E-state index contributed by atoms with van der Waals surface area (Å²) in [6, 6.07) is 5.71. The van der Waals surface area contributed by atoms with Gasteiger partial charge in [0.05, 0.1) is 25.4 Å². The maximum Gasteiger partial charge on any atom is 0.341 e. The normalized spacial score (nSPS) is 12.5. The van der Waals surface area contributed by atoms with Crippen LogP contribution < -0.4 is 9.47 Å². The summed E-state index contributed by atoms with van der Waals surface area (Å²) in [7, 11) is 1.34. The van der Waals surface area contributed by atoms with Crippen molar-refractivity contribution in [3.05, 3.63) is 41.7 Å². The Kier molecular flexibility index (Phi) is 2.83. The topological polar surface area (TPSA) is 62.6 Å². The second-order valence-corrected chi connectivity index (χ2v) is 4.11. The lowest BCUT2D eigenvalue weighted by molar-refractivity contribution is 0.0600. The van der Waals surface area contributed by atoms with Crippen molar-refractivity contribution in [3.63, 3.8) is 0 Å².